The topological polar surface area (TPSA) is 52.8 Å². The van der Waals surface area contributed by atoms with Gasteiger partial charge in [-0.3, -0.25) is 0 Å². The summed E-state index contributed by atoms with van der Waals surface area (Å²) in [7, 11) is 1.36. The van der Waals surface area contributed by atoms with Gasteiger partial charge < -0.3 is 13.9 Å². The van der Waals surface area contributed by atoms with Gasteiger partial charge in [-0.1, -0.05) is 18.2 Å². The number of esters is 1. The summed E-state index contributed by atoms with van der Waals surface area (Å²) in [4.78, 5) is 16.1. The molecule has 21 heavy (non-hydrogen) atoms. The van der Waals surface area contributed by atoms with Gasteiger partial charge in [0.1, 0.15) is 17.9 Å². The molecule has 0 unspecified atom stereocenters. The Balaban J connectivity index is 1.86. The molecule has 0 bridgehead atoms. The highest BCUT2D eigenvalue weighted by Crippen LogP contribution is 2.15. The zero-order valence-electron chi connectivity index (χ0n) is 11.5. The molecule has 0 aliphatic carbocycles. The molecule has 0 saturated carbocycles. The molecule has 3 rings (SSSR count). The van der Waals surface area contributed by atoms with Crippen LogP contribution in [-0.2, 0) is 11.3 Å². The zero-order valence-corrected chi connectivity index (χ0v) is 11.5. The lowest BCUT2D eigenvalue weighted by atomic mass is 10.3. The highest BCUT2D eigenvalue weighted by molar-refractivity contribution is 5.95. The van der Waals surface area contributed by atoms with Crippen molar-refractivity contribution in [3.8, 4) is 5.75 Å². The van der Waals surface area contributed by atoms with Crippen LogP contribution in [-0.4, -0.2) is 22.5 Å². The van der Waals surface area contributed by atoms with Gasteiger partial charge in [-0.2, -0.15) is 0 Å². The number of carbonyl (C=O) groups excluding carboxylic acids is 1. The molecular weight excluding hydrogens is 268 g/mol. The predicted octanol–water partition coefficient (Wildman–Crippen LogP) is 2.70. The first-order chi connectivity index (χ1) is 10.3. The first-order valence-electron chi connectivity index (χ1n) is 6.50. The molecule has 0 spiro atoms. The third-order valence-corrected chi connectivity index (χ3v) is 3.07. The van der Waals surface area contributed by atoms with Gasteiger partial charge in [-0.25, -0.2) is 9.78 Å². The summed E-state index contributed by atoms with van der Waals surface area (Å²) in [6.45, 7) is 0.340. The second kappa shape index (κ2) is 5.66. The van der Waals surface area contributed by atoms with Gasteiger partial charge in [0.05, 0.1) is 12.8 Å². The summed E-state index contributed by atoms with van der Waals surface area (Å²) in [6, 6.07) is 13.0. The lowest BCUT2D eigenvalue weighted by Crippen LogP contribution is -2.03. The van der Waals surface area contributed by atoms with Crippen molar-refractivity contribution in [2.24, 2.45) is 0 Å². The van der Waals surface area contributed by atoms with Crippen molar-refractivity contribution in [3.63, 3.8) is 0 Å². The number of rotatable bonds is 4. The lowest BCUT2D eigenvalue weighted by Gasteiger charge is -2.02. The van der Waals surface area contributed by atoms with Crippen LogP contribution in [0.2, 0.25) is 0 Å². The van der Waals surface area contributed by atoms with E-state index in [2.05, 4.69) is 4.98 Å². The van der Waals surface area contributed by atoms with E-state index in [0.717, 1.165) is 11.4 Å². The number of hydrogen-bond donors (Lipinski definition) is 0. The number of imidazole rings is 1. The van der Waals surface area contributed by atoms with E-state index < -0.39 is 5.97 Å². The van der Waals surface area contributed by atoms with Gasteiger partial charge in [0.2, 0.25) is 0 Å². The largest absolute Gasteiger partial charge is 0.487 e. The minimum atomic E-state index is -0.401. The third kappa shape index (κ3) is 2.72. The fourth-order valence-electron chi connectivity index (χ4n) is 2.08. The summed E-state index contributed by atoms with van der Waals surface area (Å²) in [5.41, 5.74) is 1.75. The second-order valence-corrected chi connectivity index (χ2v) is 4.48. The molecule has 2 aromatic heterocycles. The Bertz CT molecular complexity index is 766. The standard InChI is InChI=1S/C16H14N2O3/c1-20-16(19)14-8-5-9-18-10-12(17-15(14)18)11-21-13-6-3-2-4-7-13/h2-10H,11H2,1H3. The summed E-state index contributed by atoms with van der Waals surface area (Å²) in [5, 5.41) is 0. The Hall–Kier alpha value is -2.82. The number of methoxy groups -OCH3 is 1. The maximum absolute atomic E-state index is 11.7. The van der Waals surface area contributed by atoms with Gasteiger partial charge in [-0.05, 0) is 24.3 Å². The van der Waals surface area contributed by atoms with E-state index in [1.54, 1.807) is 16.5 Å². The van der Waals surface area contributed by atoms with E-state index in [0.29, 0.717) is 17.8 Å². The number of pyridine rings is 1. The molecule has 5 nitrogen and oxygen atoms in total. The van der Waals surface area contributed by atoms with Gasteiger partial charge in [0, 0.05) is 12.4 Å². The van der Waals surface area contributed by atoms with Crippen LogP contribution in [0.3, 0.4) is 0 Å². The van der Waals surface area contributed by atoms with E-state index in [-0.39, 0.29) is 0 Å². The number of benzene rings is 1. The number of fused-ring (bicyclic) bond motifs is 1. The molecule has 5 heteroatoms. The predicted molar refractivity (Wildman–Crippen MR) is 77.3 cm³/mol. The Kier molecular flexibility index (Phi) is 3.55. The number of nitrogens with zero attached hydrogens (tertiary/aromatic N) is 2. The fraction of sp³-hybridized carbons (Fsp3) is 0.125. The SMILES string of the molecule is COC(=O)c1cccn2cc(COc3ccccc3)nc12. The van der Waals surface area contributed by atoms with Crippen LogP contribution in [0.5, 0.6) is 5.75 Å². The van der Waals surface area contributed by atoms with Crippen LogP contribution in [0.25, 0.3) is 5.65 Å². The summed E-state index contributed by atoms with van der Waals surface area (Å²) < 4.78 is 12.2. The van der Waals surface area contributed by atoms with Crippen molar-refractivity contribution in [1.29, 1.82) is 0 Å². The highest BCUT2D eigenvalue weighted by atomic mass is 16.5. The van der Waals surface area contributed by atoms with E-state index in [9.17, 15) is 4.79 Å². The number of ether oxygens (including phenoxy) is 2. The number of para-hydroxylation sites is 1. The average molecular weight is 282 g/mol. The maximum Gasteiger partial charge on any atom is 0.341 e. The molecule has 0 aliphatic rings. The molecule has 2 heterocycles. The monoisotopic (exact) mass is 282 g/mol. The molecule has 0 aliphatic heterocycles. The Labute approximate surface area is 121 Å². The molecule has 106 valence electrons. The molecule has 1 aromatic carbocycles. The number of carbonyl (C=O) groups is 1. The van der Waals surface area contributed by atoms with Crippen molar-refractivity contribution < 1.29 is 14.3 Å². The van der Waals surface area contributed by atoms with Crippen molar-refractivity contribution in [2.75, 3.05) is 7.11 Å². The van der Waals surface area contributed by atoms with Crippen LogP contribution in [0.15, 0.2) is 54.9 Å². The maximum atomic E-state index is 11.7. The van der Waals surface area contributed by atoms with E-state index in [1.165, 1.54) is 7.11 Å². The minimum absolute atomic E-state index is 0.340. The number of hydrogen-bond acceptors (Lipinski definition) is 4. The summed E-state index contributed by atoms with van der Waals surface area (Å²) in [6.07, 6.45) is 3.67. The third-order valence-electron chi connectivity index (χ3n) is 3.07. The summed E-state index contributed by atoms with van der Waals surface area (Å²) >= 11 is 0. The van der Waals surface area contributed by atoms with Crippen LogP contribution in [0.4, 0.5) is 0 Å². The van der Waals surface area contributed by atoms with Gasteiger partial charge in [0.15, 0.2) is 5.65 Å². The molecule has 0 N–H and O–H groups in total. The first-order valence-corrected chi connectivity index (χ1v) is 6.50. The molecule has 0 fully saturated rings. The van der Waals surface area contributed by atoms with Crippen molar-refractivity contribution in [2.45, 2.75) is 6.61 Å². The quantitative estimate of drug-likeness (QED) is 0.690. The average Bonchev–Trinajstić information content (AvgIpc) is 2.96. The van der Waals surface area contributed by atoms with Crippen LogP contribution >= 0.6 is 0 Å². The van der Waals surface area contributed by atoms with Crippen molar-refractivity contribution >= 4 is 11.6 Å². The minimum Gasteiger partial charge on any atom is -0.487 e. The zero-order chi connectivity index (χ0) is 14.7. The molecule has 3 aromatic rings. The molecule has 0 atom stereocenters. The first kappa shape index (κ1) is 13.2. The molecule has 0 radical (unpaired) electrons. The van der Waals surface area contributed by atoms with E-state index >= 15 is 0 Å². The van der Waals surface area contributed by atoms with Crippen LogP contribution < -0.4 is 4.74 Å². The lowest BCUT2D eigenvalue weighted by molar-refractivity contribution is 0.0602. The molecular formula is C16H14N2O3. The fourth-order valence-corrected chi connectivity index (χ4v) is 2.08. The van der Waals surface area contributed by atoms with Gasteiger partial charge in [0.25, 0.3) is 0 Å². The molecule has 0 saturated heterocycles. The Morgan fingerprint density at radius 2 is 2.00 bits per heavy atom. The Morgan fingerprint density at radius 3 is 2.76 bits per heavy atom. The summed E-state index contributed by atoms with van der Waals surface area (Å²) in [5.74, 6) is 0.379. The van der Waals surface area contributed by atoms with E-state index in [1.807, 2.05) is 42.7 Å². The van der Waals surface area contributed by atoms with Gasteiger partial charge in [-0.15, -0.1) is 0 Å². The van der Waals surface area contributed by atoms with Gasteiger partial charge >= 0.3 is 5.97 Å². The van der Waals surface area contributed by atoms with Crippen molar-refractivity contribution in [1.82, 2.24) is 9.38 Å². The van der Waals surface area contributed by atoms with Crippen LogP contribution in [0, 0.1) is 0 Å². The number of aromatic nitrogens is 2. The smallest absolute Gasteiger partial charge is 0.341 e. The Morgan fingerprint density at radius 1 is 1.19 bits per heavy atom. The van der Waals surface area contributed by atoms with Crippen LogP contribution in [0.1, 0.15) is 16.1 Å². The van der Waals surface area contributed by atoms with E-state index in [4.69, 9.17) is 9.47 Å². The molecule has 0 amide bonds. The normalized spacial score (nSPS) is 10.5. The highest BCUT2D eigenvalue weighted by Gasteiger charge is 2.13. The second-order valence-electron chi connectivity index (χ2n) is 4.48. The van der Waals surface area contributed by atoms with Crippen molar-refractivity contribution in [3.05, 3.63) is 66.1 Å².